The van der Waals surface area contributed by atoms with E-state index in [0.717, 1.165) is 17.0 Å². The third-order valence-corrected chi connectivity index (χ3v) is 2.38. The summed E-state index contributed by atoms with van der Waals surface area (Å²) >= 11 is 0. The first kappa shape index (κ1) is 14.1. The second-order valence-electron chi connectivity index (χ2n) is 3.85. The SMILES string of the molecule is CC.Cc1ccc(COc2cccc(N)c2)cc1. The molecule has 2 rings (SSSR count). The van der Waals surface area contributed by atoms with Crippen LogP contribution in [0.4, 0.5) is 5.69 Å². The summed E-state index contributed by atoms with van der Waals surface area (Å²) in [5.74, 6) is 0.806. The van der Waals surface area contributed by atoms with Gasteiger partial charge in [-0.25, -0.2) is 0 Å². The topological polar surface area (TPSA) is 35.2 Å². The molecule has 0 aromatic heterocycles. The molecule has 0 aliphatic heterocycles. The van der Waals surface area contributed by atoms with Crippen molar-refractivity contribution >= 4 is 5.69 Å². The molecule has 0 amide bonds. The Balaban J connectivity index is 0.000000771. The molecule has 0 saturated carbocycles. The van der Waals surface area contributed by atoms with Crippen molar-refractivity contribution in [2.45, 2.75) is 27.4 Å². The first-order chi connectivity index (χ1) is 8.74. The normalized spacial score (nSPS) is 9.28. The van der Waals surface area contributed by atoms with E-state index in [1.165, 1.54) is 5.56 Å². The van der Waals surface area contributed by atoms with Gasteiger partial charge in [0.05, 0.1) is 0 Å². The molecule has 2 aromatic rings. The van der Waals surface area contributed by atoms with E-state index in [1.807, 2.05) is 38.1 Å². The zero-order chi connectivity index (χ0) is 13.4. The van der Waals surface area contributed by atoms with Gasteiger partial charge in [-0.1, -0.05) is 49.7 Å². The van der Waals surface area contributed by atoms with Gasteiger partial charge in [-0.2, -0.15) is 0 Å². The molecule has 2 aromatic carbocycles. The molecular weight excluding hydrogens is 222 g/mol. The number of ether oxygens (including phenoxy) is 1. The average molecular weight is 243 g/mol. The molecule has 2 nitrogen and oxygen atoms in total. The summed E-state index contributed by atoms with van der Waals surface area (Å²) in [7, 11) is 0. The Morgan fingerprint density at radius 3 is 2.28 bits per heavy atom. The zero-order valence-electron chi connectivity index (χ0n) is 11.3. The molecule has 0 aliphatic rings. The van der Waals surface area contributed by atoms with E-state index in [4.69, 9.17) is 10.5 Å². The molecule has 0 unspecified atom stereocenters. The van der Waals surface area contributed by atoms with Gasteiger partial charge in [0.1, 0.15) is 12.4 Å². The number of rotatable bonds is 3. The lowest BCUT2D eigenvalue weighted by molar-refractivity contribution is 0.306. The predicted molar refractivity (Wildman–Crippen MR) is 77.7 cm³/mol. The second-order valence-corrected chi connectivity index (χ2v) is 3.85. The van der Waals surface area contributed by atoms with E-state index in [-0.39, 0.29) is 0 Å². The van der Waals surface area contributed by atoms with Crippen molar-refractivity contribution in [2.75, 3.05) is 5.73 Å². The van der Waals surface area contributed by atoms with Crippen molar-refractivity contribution in [2.24, 2.45) is 0 Å². The summed E-state index contributed by atoms with van der Waals surface area (Å²) in [6, 6.07) is 15.8. The smallest absolute Gasteiger partial charge is 0.121 e. The Hall–Kier alpha value is -1.96. The van der Waals surface area contributed by atoms with Gasteiger partial charge in [-0.3, -0.25) is 0 Å². The van der Waals surface area contributed by atoms with Gasteiger partial charge < -0.3 is 10.5 Å². The van der Waals surface area contributed by atoms with Gasteiger partial charge in [0.2, 0.25) is 0 Å². The summed E-state index contributed by atoms with van der Waals surface area (Å²) in [4.78, 5) is 0. The summed E-state index contributed by atoms with van der Waals surface area (Å²) in [5, 5.41) is 0. The minimum Gasteiger partial charge on any atom is -0.489 e. The predicted octanol–water partition coefficient (Wildman–Crippen LogP) is 4.18. The van der Waals surface area contributed by atoms with Crippen molar-refractivity contribution in [1.82, 2.24) is 0 Å². The van der Waals surface area contributed by atoms with Crippen molar-refractivity contribution < 1.29 is 4.74 Å². The highest BCUT2D eigenvalue weighted by Crippen LogP contribution is 2.16. The highest BCUT2D eigenvalue weighted by atomic mass is 16.5. The van der Waals surface area contributed by atoms with E-state index in [2.05, 4.69) is 31.2 Å². The van der Waals surface area contributed by atoms with E-state index < -0.39 is 0 Å². The quantitative estimate of drug-likeness (QED) is 0.821. The lowest BCUT2D eigenvalue weighted by Gasteiger charge is -2.06. The van der Waals surface area contributed by atoms with Crippen molar-refractivity contribution in [1.29, 1.82) is 0 Å². The molecule has 2 N–H and O–H groups in total. The van der Waals surface area contributed by atoms with Gasteiger partial charge in [0, 0.05) is 11.8 Å². The largest absolute Gasteiger partial charge is 0.489 e. The third-order valence-electron chi connectivity index (χ3n) is 2.38. The molecular formula is C16H21NO. The number of nitrogens with two attached hydrogens (primary N) is 1. The van der Waals surface area contributed by atoms with Crippen LogP contribution in [0.3, 0.4) is 0 Å². The highest BCUT2D eigenvalue weighted by molar-refractivity contribution is 5.43. The number of hydrogen-bond acceptors (Lipinski definition) is 2. The molecule has 18 heavy (non-hydrogen) atoms. The van der Waals surface area contributed by atoms with Crippen molar-refractivity contribution in [3.8, 4) is 5.75 Å². The Morgan fingerprint density at radius 1 is 1.00 bits per heavy atom. The van der Waals surface area contributed by atoms with Crippen LogP contribution < -0.4 is 10.5 Å². The van der Waals surface area contributed by atoms with E-state index in [0.29, 0.717) is 6.61 Å². The fraction of sp³-hybridized carbons (Fsp3) is 0.250. The fourth-order valence-electron chi connectivity index (χ4n) is 1.46. The van der Waals surface area contributed by atoms with Crippen LogP contribution in [-0.4, -0.2) is 0 Å². The molecule has 96 valence electrons. The molecule has 0 fully saturated rings. The van der Waals surface area contributed by atoms with E-state index in [1.54, 1.807) is 0 Å². The van der Waals surface area contributed by atoms with Crippen LogP contribution in [0.5, 0.6) is 5.75 Å². The van der Waals surface area contributed by atoms with Gasteiger partial charge in [-0.15, -0.1) is 0 Å². The highest BCUT2D eigenvalue weighted by Gasteiger charge is 1.96. The number of aryl methyl sites for hydroxylation is 1. The Kier molecular flexibility index (Phi) is 5.78. The molecule has 0 bridgehead atoms. The van der Waals surface area contributed by atoms with Crippen LogP contribution in [0.15, 0.2) is 48.5 Å². The molecule has 0 atom stereocenters. The average Bonchev–Trinajstić information content (AvgIpc) is 2.41. The van der Waals surface area contributed by atoms with Crippen LogP contribution in [0, 0.1) is 6.92 Å². The number of benzene rings is 2. The lowest BCUT2D eigenvalue weighted by Crippen LogP contribution is -1.96. The summed E-state index contributed by atoms with van der Waals surface area (Å²) in [6.07, 6.45) is 0. The minimum atomic E-state index is 0.573. The monoisotopic (exact) mass is 243 g/mol. The standard InChI is InChI=1S/C14H15NO.C2H6/c1-11-5-7-12(8-6-11)10-16-14-4-2-3-13(15)9-14;1-2/h2-9H,10,15H2,1H3;1-2H3. The Bertz CT molecular complexity index is 463. The van der Waals surface area contributed by atoms with Gasteiger partial charge in [0.25, 0.3) is 0 Å². The maximum Gasteiger partial charge on any atom is 0.121 e. The molecule has 0 spiro atoms. The molecule has 0 heterocycles. The van der Waals surface area contributed by atoms with E-state index in [9.17, 15) is 0 Å². The van der Waals surface area contributed by atoms with Gasteiger partial charge in [0.15, 0.2) is 0 Å². The number of nitrogen functional groups attached to an aromatic ring is 1. The van der Waals surface area contributed by atoms with Crippen LogP contribution in [0.1, 0.15) is 25.0 Å². The van der Waals surface area contributed by atoms with E-state index >= 15 is 0 Å². The minimum absolute atomic E-state index is 0.573. The first-order valence-corrected chi connectivity index (χ1v) is 6.28. The van der Waals surface area contributed by atoms with Crippen molar-refractivity contribution in [3.05, 3.63) is 59.7 Å². The maximum absolute atomic E-state index is 5.67. The summed E-state index contributed by atoms with van der Waals surface area (Å²) < 4.78 is 5.63. The zero-order valence-corrected chi connectivity index (χ0v) is 11.3. The third kappa shape index (κ3) is 4.50. The number of anilines is 1. The molecule has 2 heteroatoms. The molecule has 0 saturated heterocycles. The second kappa shape index (κ2) is 7.38. The van der Waals surface area contributed by atoms with Gasteiger partial charge in [-0.05, 0) is 24.6 Å². The van der Waals surface area contributed by atoms with Crippen LogP contribution >= 0.6 is 0 Å². The van der Waals surface area contributed by atoms with Crippen LogP contribution in [0.25, 0.3) is 0 Å². The molecule has 0 aliphatic carbocycles. The summed E-state index contributed by atoms with van der Waals surface area (Å²) in [6.45, 7) is 6.65. The number of hydrogen-bond donors (Lipinski definition) is 1. The fourth-order valence-corrected chi connectivity index (χ4v) is 1.46. The Morgan fingerprint density at radius 2 is 1.67 bits per heavy atom. The lowest BCUT2D eigenvalue weighted by atomic mass is 10.2. The van der Waals surface area contributed by atoms with Crippen LogP contribution in [-0.2, 0) is 6.61 Å². The summed E-state index contributed by atoms with van der Waals surface area (Å²) in [5.41, 5.74) is 8.81. The maximum atomic E-state index is 5.67. The Labute approximate surface area is 109 Å². The first-order valence-electron chi connectivity index (χ1n) is 6.28. The van der Waals surface area contributed by atoms with Gasteiger partial charge >= 0.3 is 0 Å². The molecule has 0 radical (unpaired) electrons. The van der Waals surface area contributed by atoms with Crippen molar-refractivity contribution in [3.63, 3.8) is 0 Å². The van der Waals surface area contributed by atoms with Crippen LogP contribution in [0.2, 0.25) is 0 Å².